The first-order valence-corrected chi connectivity index (χ1v) is 2.71. The molecule has 0 aromatic carbocycles. The van der Waals surface area contributed by atoms with E-state index in [1.165, 1.54) is 0 Å². The Balaban J connectivity index is -0.0000000800. The van der Waals surface area contributed by atoms with Gasteiger partial charge in [0, 0.05) is 0 Å². The molecular weight excluding hydrogens is 140 g/mol. The number of hydrogen-bond donors (Lipinski definition) is 3. The minimum absolute atomic E-state index is 0. The Morgan fingerprint density at radius 1 is 1.56 bits per heavy atom. The normalized spacial score (nSPS) is 10.3. The Bertz CT molecular complexity index is 36.1. The molecule has 0 saturated heterocycles. The lowest BCUT2D eigenvalue weighted by atomic mass is 10.5. The molecule has 0 aromatic rings. The van der Waals surface area contributed by atoms with Crippen LogP contribution in [-0.4, -0.2) is 25.4 Å². The summed E-state index contributed by atoms with van der Waals surface area (Å²) in [4.78, 5) is 0. The number of aliphatic hydroxyl groups is 1. The van der Waals surface area contributed by atoms with Crippen LogP contribution < -0.4 is 11.1 Å². The van der Waals surface area contributed by atoms with Gasteiger partial charge in [-0.2, -0.15) is 0 Å². The van der Waals surface area contributed by atoms with Crippen LogP contribution in [0.15, 0.2) is 0 Å². The van der Waals surface area contributed by atoms with E-state index in [9.17, 15) is 0 Å². The lowest BCUT2D eigenvalue weighted by Gasteiger charge is -1.91. The largest absolute Gasteiger partial charge is 0.379 e. The predicted octanol–water partition coefficient (Wildman–Crippen LogP) is -0.0691. The zero-order chi connectivity index (χ0) is 6.99. The van der Waals surface area contributed by atoms with Crippen LogP contribution in [0.5, 0.6) is 0 Å². The van der Waals surface area contributed by atoms with E-state index in [0.717, 1.165) is 0 Å². The molecule has 0 saturated carbocycles. The average molecular weight is 157 g/mol. The maximum absolute atomic E-state index is 8.14. The summed E-state index contributed by atoms with van der Waals surface area (Å²) in [5.41, 5.74) is 4.85. The van der Waals surface area contributed by atoms with Gasteiger partial charge in [0.25, 0.3) is 0 Å². The van der Waals surface area contributed by atoms with Crippen molar-refractivity contribution < 1.29 is 5.11 Å². The summed E-state index contributed by atoms with van der Waals surface area (Å²) in [6.45, 7) is 1.82. The fourth-order valence-corrected chi connectivity index (χ4v) is 0. The Morgan fingerprint density at radius 3 is 1.67 bits per heavy atom. The second-order valence-corrected chi connectivity index (χ2v) is 1.48. The van der Waals surface area contributed by atoms with Gasteiger partial charge >= 0.3 is 0 Å². The Labute approximate surface area is 63.0 Å². The summed E-state index contributed by atoms with van der Waals surface area (Å²) in [7, 11) is 3.75. The van der Waals surface area contributed by atoms with Crippen molar-refractivity contribution in [2.75, 3.05) is 14.1 Å². The molecular formula is C5H17ClN2O. The van der Waals surface area contributed by atoms with Crippen molar-refractivity contribution in [3.63, 3.8) is 0 Å². The molecule has 60 valence electrons. The first kappa shape index (κ1) is 16.1. The SMILES string of the molecule is CCC(N)O.CNC.Cl. The van der Waals surface area contributed by atoms with E-state index in [-0.39, 0.29) is 12.4 Å². The highest BCUT2D eigenvalue weighted by Crippen LogP contribution is 1.72. The van der Waals surface area contributed by atoms with E-state index < -0.39 is 6.23 Å². The number of hydrogen-bond acceptors (Lipinski definition) is 3. The Hall–Kier alpha value is 0.170. The quantitative estimate of drug-likeness (QED) is 0.466. The molecule has 9 heavy (non-hydrogen) atoms. The van der Waals surface area contributed by atoms with Crippen molar-refractivity contribution in [3.8, 4) is 0 Å². The van der Waals surface area contributed by atoms with Crippen molar-refractivity contribution in [1.82, 2.24) is 5.32 Å². The molecule has 0 aliphatic heterocycles. The second-order valence-electron chi connectivity index (χ2n) is 1.48. The number of halogens is 1. The minimum atomic E-state index is -0.616. The molecule has 0 spiro atoms. The summed E-state index contributed by atoms with van der Waals surface area (Å²) in [5, 5.41) is 10.9. The van der Waals surface area contributed by atoms with E-state index >= 15 is 0 Å². The van der Waals surface area contributed by atoms with Gasteiger partial charge in [0.2, 0.25) is 0 Å². The molecule has 0 amide bonds. The van der Waals surface area contributed by atoms with Crippen molar-refractivity contribution in [3.05, 3.63) is 0 Å². The first-order chi connectivity index (χ1) is 3.68. The number of aliphatic hydroxyl groups excluding tert-OH is 1. The zero-order valence-corrected chi connectivity index (χ0v) is 7.03. The van der Waals surface area contributed by atoms with Crippen LogP contribution in [0.1, 0.15) is 13.3 Å². The van der Waals surface area contributed by atoms with Crippen molar-refractivity contribution in [1.29, 1.82) is 0 Å². The lowest BCUT2D eigenvalue weighted by Crippen LogP contribution is -2.16. The fourth-order valence-electron chi connectivity index (χ4n) is 0. The fraction of sp³-hybridized carbons (Fsp3) is 1.00. The monoisotopic (exact) mass is 156 g/mol. The third-order valence-electron chi connectivity index (χ3n) is 0.418. The van der Waals surface area contributed by atoms with Crippen LogP contribution in [0.25, 0.3) is 0 Å². The molecule has 0 bridgehead atoms. The van der Waals surface area contributed by atoms with Gasteiger partial charge in [-0.1, -0.05) is 6.92 Å². The topological polar surface area (TPSA) is 58.3 Å². The molecule has 1 atom stereocenters. The van der Waals surface area contributed by atoms with E-state index in [1.807, 2.05) is 21.0 Å². The molecule has 3 nitrogen and oxygen atoms in total. The van der Waals surface area contributed by atoms with Crippen LogP contribution in [-0.2, 0) is 0 Å². The highest BCUT2D eigenvalue weighted by Gasteiger charge is 1.81. The smallest absolute Gasteiger partial charge is 0.102 e. The third kappa shape index (κ3) is 66.1. The van der Waals surface area contributed by atoms with E-state index in [0.29, 0.717) is 6.42 Å². The summed E-state index contributed by atoms with van der Waals surface area (Å²) in [5.74, 6) is 0. The van der Waals surface area contributed by atoms with Gasteiger partial charge in [-0.15, -0.1) is 12.4 Å². The van der Waals surface area contributed by atoms with Gasteiger partial charge in [-0.25, -0.2) is 0 Å². The summed E-state index contributed by atoms with van der Waals surface area (Å²) >= 11 is 0. The van der Waals surface area contributed by atoms with Crippen LogP contribution in [0.2, 0.25) is 0 Å². The van der Waals surface area contributed by atoms with Gasteiger partial charge in [-0.3, -0.25) is 0 Å². The van der Waals surface area contributed by atoms with Crippen LogP contribution in [0.3, 0.4) is 0 Å². The maximum Gasteiger partial charge on any atom is 0.102 e. The summed E-state index contributed by atoms with van der Waals surface area (Å²) in [6.07, 6.45) is 0.0231. The molecule has 0 aromatic heterocycles. The molecule has 0 radical (unpaired) electrons. The van der Waals surface area contributed by atoms with E-state index in [4.69, 9.17) is 10.8 Å². The molecule has 0 aliphatic carbocycles. The average Bonchev–Trinajstić information content (AvgIpc) is 1.69. The first-order valence-electron chi connectivity index (χ1n) is 2.71. The molecule has 4 heteroatoms. The van der Waals surface area contributed by atoms with Gasteiger partial charge in [0.05, 0.1) is 0 Å². The Kier molecular flexibility index (Phi) is 28.1. The molecule has 0 heterocycles. The van der Waals surface area contributed by atoms with Crippen LogP contribution in [0, 0.1) is 0 Å². The lowest BCUT2D eigenvalue weighted by molar-refractivity contribution is 0.178. The van der Waals surface area contributed by atoms with Gasteiger partial charge < -0.3 is 16.2 Å². The zero-order valence-electron chi connectivity index (χ0n) is 6.22. The van der Waals surface area contributed by atoms with Gasteiger partial charge in [0.15, 0.2) is 0 Å². The van der Waals surface area contributed by atoms with Gasteiger partial charge in [-0.05, 0) is 20.5 Å². The summed E-state index contributed by atoms with van der Waals surface area (Å²) < 4.78 is 0. The summed E-state index contributed by atoms with van der Waals surface area (Å²) in [6, 6.07) is 0. The molecule has 0 rings (SSSR count). The van der Waals surface area contributed by atoms with Crippen LogP contribution >= 0.6 is 12.4 Å². The van der Waals surface area contributed by atoms with Crippen molar-refractivity contribution in [2.24, 2.45) is 5.73 Å². The number of nitrogens with two attached hydrogens (primary N) is 1. The Morgan fingerprint density at radius 2 is 1.67 bits per heavy atom. The van der Waals surface area contributed by atoms with E-state index in [1.54, 1.807) is 0 Å². The maximum atomic E-state index is 8.14. The highest BCUT2D eigenvalue weighted by atomic mass is 35.5. The van der Waals surface area contributed by atoms with Crippen LogP contribution in [0.4, 0.5) is 0 Å². The number of rotatable bonds is 1. The highest BCUT2D eigenvalue weighted by molar-refractivity contribution is 5.85. The number of nitrogens with one attached hydrogen (secondary N) is 1. The predicted molar refractivity (Wildman–Crippen MR) is 42.7 cm³/mol. The van der Waals surface area contributed by atoms with Crippen molar-refractivity contribution >= 4 is 12.4 Å². The third-order valence-corrected chi connectivity index (χ3v) is 0.418. The molecule has 0 fully saturated rings. The second kappa shape index (κ2) is 15.7. The van der Waals surface area contributed by atoms with E-state index in [2.05, 4.69) is 5.32 Å². The molecule has 4 N–H and O–H groups in total. The molecule has 1 unspecified atom stereocenters. The minimum Gasteiger partial charge on any atom is -0.379 e. The van der Waals surface area contributed by atoms with Gasteiger partial charge in [0.1, 0.15) is 6.23 Å². The molecule has 0 aliphatic rings. The standard InChI is InChI=1S/C3H9NO.C2H7N.ClH/c1-2-3(4)5;1-3-2;/h3,5H,2,4H2,1H3;3H,1-2H3;1H. The van der Waals surface area contributed by atoms with Crippen molar-refractivity contribution in [2.45, 2.75) is 19.6 Å².